The normalized spacial score (nSPS) is 30.2. The Labute approximate surface area is 127 Å². The molecule has 0 radical (unpaired) electrons. The minimum Gasteiger partial charge on any atom is -0.496 e. The van der Waals surface area contributed by atoms with Gasteiger partial charge in [0.2, 0.25) is 0 Å². The van der Waals surface area contributed by atoms with Crippen LogP contribution in [0.2, 0.25) is 0 Å². The van der Waals surface area contributed by atoms with E-state index >= 15 is 0 Å². The first kappa shape index (κ1) is 14.6. The highest BCUT2D eigenvalue weighted by Gasteiger charge is 2.49. The summed E-state index contributed by atoms with van der Waals surface area (Å²) >= 11 is 0. The second-order valence-corrected chi connectivity index (χ2v) is 7.35. The summed E-state index contributed by atoms with van der Waals surface area (Å²) in [6, 6.07) is 4.34. The van der Waals surface area contributed by atoms with E-state index in [-0.39, 0.29) is 16.9 Å². The molecule has 0 spiro atoms. The lowest BCUT2D eigenvalue weighted by molar-refractivity contribution is 0.0285. The van der Waals surface area contributed by atoms with Gasteiger partial charge in [-0.05, 0) is 48.9 Å². The molecule has 1 saturated carbocycles. The summed E-state index contributed by atoms with van der Waals surface area (Å²) in [6.07, 6.45) is 4.95. The predicted molar refractivity (Wildman–Crippen MR) is 85.9 cm³/mol. The van der Waals surface area contributed by atoms with Gasteiger partial charge in [0, 0.05) is 10.8 Å². The monoisotopic (exact) mass is 286 g/mol. The molecule has 0 saturated heterocycles. The molecule has 0 aliphatic heterocycles. The fourth-order valence-electron chi connectivity index (χ4n) is 4.52. The molecule has 1 fully saturated rings. The van der Waals surface area contributed by atoms with Crippen molar-refractivity contribution >= 4 is 0 Å². The Morgan fingerprint density at radius 1 is 1.24 bits per heavy atom. The molecule has 2 aliphatic rings. The Bertz CT molecular complexity index is 612. The van der Waals surface area contributed by atoms with Crippen LogP contribution in [-0.2, 0) is 11.8 Å². The molecule has 21 heavy (non-hydrogen) atoms. The topological polar surface area (TPSA) is 29.5 Å². The number of aliphatic hydroxyl groups excluding tert-OH is 1. The first-order valence-electron chi connectivity index (χ1n) is 7.88. The Morgan fingerprint density at radius 3 is 2.62 bits per heavy atom. The average molecular weight is 286 g/mol. The highest BCUT2D eigenvalue weighted by atomic mass is 16.5. The van der Waals surface area contributed by atoms with Crippen molar-refractivity contribution in [3.05, 3.63) is 40.5 Å². The van der Waals surface area contributed by atoms with E-state index in [1.165, 1.54) is 22.3 Å². The third kappa shape index (κ3) is 1.88. The second kappa shape index (κ2) is 4.61. The average Bonchev–Trinajstić information content (AvgIpc) is 2.44. The Morgan fingerprint density at radius 2 is 1.95 bits per heavy atom. The molecule has 114 valence electrons. The third-order valence-corrected chi connectivity index (χ3v) is 5.91. The molecule has 1 N–H and O–H groups in total. The number of aliphatic hydroxyl groups is 1. The van der Waals surface area contributed by atoms with Gasteiger partial charge in [-0.1, -0.05) is 38.5 Å². The van der Waals surface area contributed by atoms with E-state index in [2.05, 4.69) is 45.9 Å². The number of rotatable bonds is 1. The molecule has 0 aromatic heterocycles. The van der Waals surface area contributed by atoms with Gasteiger partial charge in [-0.3, -0.25) is 0 Å². The maximum Gasteiger partial charge on any atom is 0.122 e. The second-order valence-electron chi connectivity index (χ2n) is 7.35. The van der Waals surface area contributed by atoms with E-state index < -0.39 is 0 Å². The summed E-state index contributed by atoms with van der Waals surface area (Å²) < 4.78 is 5.48. The summed E-state index contributed by atoms with van der Waals surface area (Å²) in [5, 5.41) is 10.4. The quantitative estimate of drug-likeness (QED) is 0.793. The molecular weight excluding hydrogens is 260 g/mol. The molecule has 1 unspecified atom stereocenters. The molecule has 1 aromatic carbocycles. The molecule has 2 nitrogen and oxygen atoms in total. The summed E-state index contributed by atoms with van der Waals surface area (Å²) in [7, 11) is 1.74. The van der Waals surface area contributed by atoms with Gasteiger partial charge in [-0.25, -0.2) is 0 Å². The van der Waals surface area contributed by atoms with Gasteiger partial charge >= 0.3 is 0 Å². The zero-order valence-electron chi connectivity index (χ0n) is 13.8. The number of methoxy groups -OCH3 is 1. The van der Waals surface area contributed by atoms with E-state index in [4.69, 9.17) is 4.74 Å². The van der Waals surface area contributed by atoms with Crippen molar-refractivity contribution in [1.29, 1.82) is 0 Å². The van der Waals surface area contributed by atoms with E-state index in [0.29, 0.717) is 0 Å². The zero-order valence-corrected chi connectivity index (χ0v) is 13.8. The fourth-order valence-corrected chi connectivity index (χ4v) is 4.52. The Hall–Kier alpha value is -1.28. The van der Waals surface area contributed by atoms with Crippen LogP contribution in [0.3, 0.4) is 0 Å². The molecular formula is C19H26O2. The summed E-state index contributed by atoms with van der Waals surface area (Å²) in [5.41, 5.74) is 5.42. The molecule has 2 atom stereocenters. The number of hydrogen-bond donors (Lipinski definition) is 1. The fraction of sp³-hybridized carbons (Fsp3) is 0.579. The number of allylic oxidation sites excluding steroid dienone is 1. The number of fused-ring (bicyclic) bond motifs is 3. The summed E-state index contributed by atoms with van der Waals surface area (Å²) in [6.45, 7) is 8.86. The highest BCUT2D eigenvalue weighted by Crippen LogP contribution is 2.55. The van der Waals surface area contributed by atoms with E-state index in [1.54, 1.807) is 7.11 Å². The van der Waals surface area contributed by atoms with Crippen LogP contribution >= 0.6 is 0 Å². The lowest BCUT2D eigenvalue weighted by Gasteiger charge is -2.51. The number of hydrogen-bond acceptors (Lipinski definition) is 2. The zero-order chi connectivity index (χ0) is 15.4. The van der Waals surface area contributed by atoms with Gasteiger partial charge in [-0.2, -0.15) is 0 Å². The van der Waals surface area contributed by atoms with Crippen molar-refractivity contribution in [3.63, 3.8) is 0 Å². The van der Waals surface area contributed by atoms with Crippen LogP contribution in [0.15, 0.2) is 23.8 Å². The van der Waals surface area contributed by atoms with E-state index in [9.17, 15) is 5.11 Å². The Kier molecular flexibility index (Phi) is 3.21. The van der Waals surface area contributed by atoms with Gasteiger partial charge in [0.1, 0.15) is 5.75 Å². The lowest BCUT2D eigenvalue weighted by atomic mass is 9.54. The van der Waals surface area contributed by atoms with Crippen LogP contribution in [0.25, 0.3) is 0 Å². The molecule has 0 bridgehead atoms. The van der Waals surface area contributed by atoms with Crippen molar-refractivity contribution in [2.24, 2.45) is 5.41 Å². The summed E-state index contributed by atoms with van der Waals surface area (Å²) in [4.78, 5) is 0. The third-order valence-electron chi connectivity index (χ3n) is 5.91. The van der Waals surface area contributed by atoms with Crippen LogP contribution < -0.4 is 4.74 Å². The SMILES string of the molecule is COc1ccc2c(c1C)CC=C1C(C)(C)C(O)CC[C@@]12C. The molecule has 2 heteroatoms. The molecule has 3 rings (SSSR count). The number of ether oxygens (including phenoxy) is 1. The maximum absolute atomic E-state index is 10.4. The molecule has 2 aliphatic carbocycles. The van der Waals surface area contributed by atoms with E-state index in [1.807, 2.05) is 0 Å². The first-order chi connectivity index (χ1) is 9.82. The van der Waals surface area contributed by atoms with Crippen LogP contribution in [-0.4, -0.2) is 18.3 Å². The van der Waals surface area contributed by atoms with Crippen LogP contribution in [0.5, 0.6) is 5.75 Å². The predicted octanol–water partition coefficient (Wildman–Crippen LogP) is 3.92. The standard InChI is InChI=1S/C19H26O2/c1-12-13-6-9-16-18(2,3)17(20)10-11-19(16,4)14(13)7-8-15(12)21-5/h7-9,17,20H,6,10-11H2,1-5H3/t17?,19-/m1/s1. The van der Waals surface area contributed by atoms with Gasteiger partial charge in [0.25, 0.3) is 0 Å². The maximum atomic E-state index is 10.4. The van der Waals surface area contributed by atoms with Crippen LogP contribution in [0, 0.1) is 12.3 Å². The van der Waals surface area contributed by atoms with Crippen molar-refractivity contribution in [1.82, 2.24) is 0 Å². The number of benzene rings is 1. The minimum atomic E-state index is -0.238. The van der Waals surface area contributed by atoms with Crippen LogP contribution in [0.4, 0.5) is 0 Å². The Balaban J connectivity index is 2.18. The van der Waals surface area contributed by atoms with Crippen molar-refractivity contribution in [3.8, 4) is 5.75 Å². The highest BCUT2D eigenvalue weighted by molar-refractivity contribution is 5.55. The lowest BCUT2D eigenvalue weighted by Crippen LogP contribution is -2.47. The summed E-state index contributed by atoms with van der Waals surface area (Å²) in [5.74, 6) is 0.976. The van der Waals surface area contributed by atoms with E-state index in [0.717, 1.165) is 25.0 Å². The molecule has 0 amide bonds. The van der Waals surface area contributed by atoms with Gasteiger partial charge in [0.05, 0.1) is 13.2 Å². The minimum absolute atomic E-state index is 0.0490. The molecule has 0 heterocycles. The smallest absolute Gasteiger partial charge is 0.122 e. The van der Waals surface area contributed by atoms with Crippen molar-refractivity contribution in [2.75, 3.05) is 7.11 Å². The molecule has 1 aromatic rings. The van der Waals surface area contributed by atoms with Crippen LogP contribution in [0.1, 0.15) is 50.3 Å². The van der Waals surface area contributed by atoms with Crippen molar-refractivity contribution < 1.29 is 9.84 Å². The van der Waals surface area contributed by atoms with Gasteiger partial charge in [0.15, 0.2) is 0 Å². The van der Waals surface area contributed by atoms with Gasteiger partial charge in [-0.15, -0.1) is 0 Å². The largest absolute Gasteiger partial charge is 0.496 e. The van der Waals surface area contributed by atoms with Gasteiger partial charge < -0.3 is 9.84 Å². The van der Waals surface area contributed by atoms with Crippen molar-refractivity contribution in [2.45, 2.75) is 58.5 Å². The first-order valence-corrected chi connectivity index (χ1v) is 7.88.